The van der Waals surface area contributed by atoms with Crippen LogP contribution in [0.25, 0.3) is 88.0 Å². The van der Waals surface area contributed by atoms with Gasteiger partial charge in [-0.3, -0.25) is 0 Å². The minimum absolute atomic E-state index is 0.850. The van der Waals surface area contributed by atoms with E-state index in [0.717, 1.165) is 66.8 Å². The van der Waals surface area contributed by atoms with E-state index >= 15 is 0 Å². The average molecular weight is 740 g/mol. The highest BCUT2D eigenvalue weighted by Gasteiger charge is 2.24. The maximum atomic E-state index is 6.59. The summed E-state index contributed by atoms with van der Waals surface area (Å²) in [5.41, 5.74) is 14.2. The molecule has 10 aromatic carbocycles. The first kappa shape index (κ1) is 33.6. The Kier molecular flexibility index (Phi) is 8.19. The summed E-state index contributed by atoms with van der Waals surface area (Å²) >= 11 is 0. The van der Waals surface area contributed by atoms with Crippen molar-refractivity contribution in [2.75, 3.05) is 4.90 Å². The van der Waals surface area contributed by atoms with Crippen LogP contribution in [0.5, 0.6) is 0 Å². The van der Waals surface area contributed by atoms with Crippen molar-refractivity contribution in [1.29, 1.82) is 0 Å². The summed E-state index contributed by atoms with van der Waals surface area (Å²) in [7, 11) is 0. The molecule has 11 rings (SSSR count). The number of fused-ring (bicyclic) bond motifs is 5. The molecular weight excluding hydrogens is 703 g/mol. The third-order valence-corrected chi connectivity index (χ3v) is 11.4. The smallest absolute Gasteiger partial charge is 0.137 e. The Morgan fingerprint density at radius 2 is 0.810 bits per heavy atom. The van der Waals surface area contributed by atoms with E-state index in [1.54, 1.807) is 0 Å². The van der Waals surface area contributed by atoms with Crippen molar-refractivity contribution in [1.82, 2.24) is 0 Å². The minimum Gasteiger partial charge on any atom is -0.456 e. The average Bonchev–Trinajstić information content (AvgIpc) is 3.67. The van der Waals surface area contributed by atoms with Crippen molar-refractivity contribution in [3.8, 4) is 44.5 Å². The van der Waals surface area contributed by atoms with Gasteiger partial charge in [-0.15, -0.1) is 0 Å². The molecule has 2 nitrogen and oxygen atoms in total. The number of furan rings is 1. The first-order valence-electron chi connectivity index (χ1n) is 19.8. The van der Waals surface area contributed by atoms with Crippen molar-refractivity contribution < 1.29 is 4.42 Å². The van der Waals surface area contributed by atoms with E-state index in [0.29, 0.717) is 0 Å². The van der Waals surface area contributed by atoms with Gasteiger partial charge in [0.1, 0.15) is 11.2 Å². The van der Waals surface area contributed by atoms with Crippen LogP contribution in [-0.2, 0) is 0 Å². The second-order valence-electron chi connectivity index (χ2n) is 14.9. The van der Waals surface area contributed by atoms with E-state index in [2.05, 4.69) is 223 Å². The molecule has 0 aliphatic rings. The molecule has 0 N–H and O–H groups in total. The van der Waals surface area contributed by atoms with E-state index in [1.165, 1.54) is 38.2 Å². The lowest BCUT2D eigenvalue weighted by atomic mass is 9.87. The highest BCUT2D eigenvalue weighted by Crippen LogP contribution is 2.50. The van der Waals surface area contributed by atoms with Gasteiger partial charge in [0, 0.05) is 33.8 Å². The van der Waals surface area contributed by atoms with Crippen LogP contribution in [0.1, 0.15) is 0 Å². The monoisotopic (exact) mass is 739 g/mol. The topological polar surface area (TPSA) is 16.4 Å². The summed E-state index contributed by atoms with van der Waals surface area (Å²) in [5, 5.41) is 7.05. The van der Waals surface area contributed by atoms with E-state index in [-0.39, 0.29) is 0 Å². The zero-order valence-electron chi connectivity index (χ0n) is 31.7. The number of hydrogen-bond acceptors (Lipinski definition) is 2. The Balaban J connectivity index is 1.26. The number of para-hydroxylation sites is 1. The van der Waals surface area contributed by atoms with Gasteiger partial charge in [-0.05, 0) is 103 Å². The van der Waals surface area contributed by atoms with Crippen LogP contribution in [0.2, 0.25) is 0 Å². The summed E-state index contributed by atoms with van der Waals surface area (Å²) in [6.45, 7) is 0. The maximum Gasteiger partial charge on any atom is 0.137 e. The molecule has 0 atom stereocenters. The van der Waals surface area contributed by atoms with Crippen molar-refractivity contribution in [3.05, 3.63) is 224 Å². The van der Waals surface area contributed by atoms with Crippen molar-refractivity contribution in [2.24, 2.45) is 0 Å². The molecule has 0 amide bonds. The standard InChI is InChI=1S/C56H37NO/c1-3-16-38(17-4-1)42-34-43(39-18-5-2-6-19-39)36-45(35-42)57(44-32-33-50-49-26-11-12-31-54(49)58-55(50)37-44)53-30-15-29-52(48-27-13-22-40-20-7-9-24-46(40)48)56(53)51-28-14-23-41-21-8-10-25-47(41)51/h1-37H. The number of anilines is 3. The van der Waals surface area contributed by atoms with Gasteiger partial charge in [-0.1, -0.05) is 176 Å². The SMILES string of the molecule is c1ccc(-c2cc(-c3ccccc3)cc(N(c3ccc4c(c3)oc3ccccc34)c3cccc(-c4cccc5ccccc45)c3-c3cccc4ccccc34)c2)cc1. The predicted octanol–water partition coefficient (Wildman–Crippen LogP) is 16.0. The molecule has 58 heavy (non-hydrogen) atoms. The van der Waals surface area contributed by atoms with Gasteiger partial charge in [0.15, 0.2) is 0 Å². The summed E-state index contributed by atoms with van der Waals surface area (Å²) < 4.78 is 6.59. The Hall–Kier alpha value is -7.68. The molecule has 0 saturated carbocycles. The van der Waals surface area contributed by atoms with E-state index < -0.39 is 0 Å². The summed E-state index contributed by atoms with van der Waals surface area (Å²) in [5.74, 6) is 0. The van der Waals surface area contributed by atoms with Crippen molar-refractivity contribution >= 4 is 60.5 Å². The lowest BCUT2D eigenvalue weighted by Crippen LogP contribution is -2.12. The molecule has 0 fully saturated rings. The third-order valence-electron chi connectivity index (χ3n) is 11.4. The first-order valence-corrected chi connectivity index (χ1v) is 19.8. The molecule has 0 aliphatic heterocycles. The number of hydrogen-bond donors (Lipinski definition) is 0. The molecule has 0 spiro atoms. The number of nitrogens with zero attached hydrogens (tertiary/aromatic N) is 1. The Bertz CT molecular complexity index is 3220. The summed E-state index contributed by atoms with van der Waals surface area (Å²) in [4.78, 5) is 2.44. The quantitative estimate of drug-likeness (QED) is 0.162. The Morgan fingerprint density at radius 1 is 0.293 bits per heavy atom. The van der Waals surface area contributed by atoms with E-state index in [4.69, 9.17) is 4.42 Å². The lowest BCUT2D eigenvalue weighted by molar-refractivity contribution is 0.669. The van der Waals surface area contributed by atoms with E-state index in [9.17, 15) is 0 Å². The van der Waals surface area contributed by atoms with Crippen LogP contribution >= 0.6 is 0 Å². The van der Waals surface area contributed by atoms with Crippen molar-refractivity contribution in [3.63, 3.8) is 0 Å². The van der Waals surface area contributed by atoms with E-state index in [1.807, 2.05) is 6.07 Å². The molecule has 1 aromatic heterocycles. The van der Waals surface area contributed by atoms with Gasteiger partial charge >= 0.3 is 0 Å². The zero-order chi connectivity index (χ0) is 38.4. The Labute approximate surface area is 337 Å². The predicted molar refractivity (Wildman–Crippen MR) is 245 cm³/mol. The Morgan fingerprint density at radius 3 is 1.50 bits per heavy atom. The third kappa shape index (κ3) is 5.82. The molecule has 0 aliphatic carbocycles. The van der Waals surface area contributed by atoms with Gasteiger partial charge in [0.25, 0.3) is 0 Å². The molecule has 0 saturated heterocycles. The lowest BCUT2D eigenvalue weighted by Gasteiger charge is -2.30. The second-order valence-corrected chi connectivity index (χ2v) is 14.9. The normalized spacial score (nSPS) is 11.4. The van der Waals surface area contributed by atoms with Crippen LogP contribution in [0.15, 0.2) is 229 Å². The molecule has 0 unspecified atom stereocenters. The van der Waals surface area contributed by atoms with Gasteiger partial charge in [0.05, 0.1) is 5.69 Å². The van der Waals surface area contributed by atoms with Crippen LogP contribution in [0.3, 0.4) is 0 Å². The van der Waals surface area contributed by atoms with Crippen molar-refractivity contribution in [2.45, 2.75) is 0 Å². The number of benzene rings is 10. The first-order chi connectivity index (χ1) is 28.8. The number of rotatable bonds is 7. The molecule has 11 aromatic rings. The highest BCUT2D eigenvalue weighted by atomic mass is 16.3. The fraction of sp³-hybridized carbons (Fsp3) is 0. The van der Waals surface area contributed by atoms with Gasteiger partial charge in [0.2, 0.25) is 0 Å². The molecule has 1 heterocycles. The molecule has 2 heteroatoms. The zero-order valence-corrected chi connectivity index (χ0v) is 31.7. The molecule has 0 radical (unpaired) electrons. The van der Waals surface area contributed by atoms with Crippen LogP contribution in [0, 0.1) is 0 Å². The van der Waals surface area contributed by atoms with Gasteiger partial charge in [-0.25, -0.2) is 0 Å². The van der Waals surface area contributed by atoms with Gasteiger partial charge in [-0.2, -0.15) is 0 Å². The van der Waals surface area contributed by atoms with Crippen LogP contribution < -0.4 is 4.90 Å². The van der Waals surface area contributed by atoms with Crippen LogP contribution in [0.4, 0.5) is 17.1 Å². The maximum absolute atomic E-state index is 6.59. The summed E-state index contributed by atoms with van der Waals surface area (Å²) in [6.07, 6.45) is 0. The molecular formula is C56H37NO. The molecule has 0 bridgehead atoms. The fourth-order valence-electron chi connectivity index (χ4n) is 8.75. The summed E-state index contributed by atoms with van der Waals surface area (Å²) in [6, 6.07) is 80.9. The second kappa shape index (κ2) is 14.1. The highest BCUT2D eigenvalue weighted by molar-refractivity contribution is 6.11. The fourth-order valence-corrected chi connectivity index (χ4v) is 8.75. The van der Waals surface area contributed by atoms with Gasteiger partial charge < -0.3 is 9.32 Å². The minimum atomic E-state index is 0.850. The van der Waals surface area contributed by atoms with Crippen LogP contribution in [-0.4, -0.2) is 0 Å². The largest absolute Gasteiger partial charge is 0.456 e. The molecule has 272 valence electrons.